The van der Waals surface area contributed by atoms with Crippen molar-refractivity contribution in [3.05, 3.63) is 34.9 Å². The quantitative estimate of drug-likeness (QED) is 0.836. The van der Waals surface area contributed by atoms with Gasteiger partial charge in [-0.2, -0.15) is 0 Å². The van der Waals surface area contributed by atoms with Gasteiger partial charge < -0.3 is 5.73 Å². The van der Waals surface area contributed by atoms with Gasteiger partial charge in [0, 0.05) is 6.04 Å². The molecule has 1 rings (SSSR count). The molecule has 0 bridgehead atoms. The van der Waals surface area contributed by atoms with E-state index in [4.69, 9.17) is 5.73 Å². The first-order valence-corrected chi connectivity index (χ1v) is 5.33. The fraction of sp³-hybridized carbons (Fsp3) is 0.538. The topological polar surface area (TPSA) is 26.0 Å². The molecule has 1 nitrogen and oxygen atoms in total. The van der Waals surface area contributed by atoms with Gasteiger partial charge in [-0.1, -0.05) is 37.6 Å². The molecule has 0 aromatic heterocycles. The Morgan fingerprint density at radius 3 is 2.33 bits per heavy atom. The zero-order valence-electron chi connectivity index (χ0n) is 10.1. The van der Waals surface area contributed by atoms with Crippen LogP contribution in [0.25, 0.3) is 0 Å². The van der Waals surface area contributed by atoms with Crippen molar-refractivity contribution in [1.82, 2.24) is 0 Å². The highest BCUT2D eigenvalue weighted by molar-refractivity contribution is 5.85. The van der Waals surface area contributed by atoms with E-state index in [1.165, 1.54) is 16.7 Å². The molecule has 0 aliphatic carbocycles. The zero-order chi connectivity index (χ0) is 10.7. The number of nitrogens with two attached hydrogens (primary N) is 1. The van der Waals surface area contributed by atoms with Gasteiger partial charge in [-0.05, 0) is 37.3 Å². The minimum Gasteiger partial charge on any atom is -0.324 e. The second-order valence-corrected chi connectivity index (χ2v) is 4.60. The Kier molecular flexibility index (Phi) is 5.92. The van der Waals surface area contributed by atoms with Crippen LogP contribution in [-0.4, -0.2) is 0 Å². The Bertz CT molecular complexity index is 307. The second-order valence-electron chi connectivity index (χ2n) is 4.60. The Hall–Kier alpha value is -0.530. The first-order chi connectivity index (χ1) is 6.50. The van der Waals surface area contributed by atoms with Gasteiger partial charge in [-0.25, -0.2) is 0 Å². The molecule has 86 valence electrons. The highest BCUT2D eigenvalue weighted by Gasteiger charge is 2.10. The summed E-state index contributed by atoms with van der Waals surface area (Å²) in [4.78, 5) is 0. The second kappa shape index (κ2) is 6.14. The predicted molar refractivity (Wildman–Crippen MR) is 69.5 cm³/mol. The summed E-state index contributed by atoms with van der Waals surface area (Å²) in [6.45, 7) is 8.68. The summed E-state index contributed by atoms with van der Waals surface area (Å²) in [7, 11) is 0. The number of halogens is 1. The molecule has 1 aromatic rings. The van der Waals surface area contributed by atoms with Crippen molar-refractivity contribution in [2.45, 2.75) is 40.2 Å². The van der Waals surface area contributed by atoms with Crippen molar-refractivity contribution in [2.24, 2.45) is 11.7 Å². The van der Waals surface area contributed by atoms with Gasteiger partial charge in [0.05, 0.1) is 0 Å². The molecule has 15 heavy (non-hydrogen) atoms. The molecule has 2 heteroatoms. The highest BCUT2D eigenvalue weighted by Crippen LogP contribution is 2.22. The smallest absolute Gasteiger partial charge is 0.0300 e. The molecule has 1 atom stereocenters. The Morgan fingerprint density at radius 2 is 1.80 bits per heavy atom. The van der Waals surface area contributed by atoms with Crippen LogP contribution in [0.5, 0.6) is 0 Å². The van der Waals surface area contributed by atoms with Crippen LogP contribution in [-0.2, 0) is 0 Å². The lowest BCUT2D eigenvalue weighted by Gasteiger charge is -2.17. The molecule has 0 radical (unpaired) electrons. The Morgan fingerprint density at radius 1 is 1.20 bits per heavy atom. The normalized spacial score (nSPS) is 12.4. The molecule has 0 fully saturated rings. The van der Waals surface area contributed by atoms with E-state index >= 15 is 0 Å². The van der Waals surface area contributed by atoms with Crippen LogP contribution in [0.1, 0.15) is 43.0 Å². The molecule has 2 N–H and O–H groups in total. The van der Waals surface area contributed by atoms with Crippen LogP contribution in [0, 0.1) is 19.8 Å². The summed E-state index contributed by atoms with van der Waals surface area (Å²) in [5.41, 5.74) is 10.1. The average Bonchev–Trinajstić information content (AvgIpc) is 2.08. The fourth-order valence-corrected chi connectivity index (χ4v) is 1.79. The average molecular weight is 228 g/mol. The van der Waals surface area contributed by atoms with Crippen molar-refractivity contribution >= 4 is 12.4 Å². The van der Waals surface area contributed by atoms with Crippen molar-refractivity contribution in [3.63, 3.8) is 0 Å². The maximum absolute atomic E-state index is 6.17. The molecular formula is C13H22ClN. The summed E-state index contributed by atoms with van der Waals surface area (Å²) in [6.07, 6.45) is 1.06. The van der Waals surface area contributed by atoms with E-state index in [1.54, 1.807) is 0 Å². The lowest BCUT2D eigenvalue weighted by molar-refractivity contribution is 0.508. The summed E-state index contributed by atoms with van der Waals surface area (Å²) >= 11 is 0. The van der Waals surface area contributed by atoms with Gasteiger partial charge in [0.1, 0.15) is 0 Å². The Labute approximate surface area is 99.5 Å². The molecule has 0 aliphatic heterocycles. The van der Waals surface area contributed by atoms with E-state index in [9.17, 15) is 0 Å². The number of rotatable bonds is 3. The van der Waals surface area contributed by atoms with Crippen molar-refractivity contribution in [2.75, 3.05) is 0 Å². The number of aryl methyl sites for hydroxylation is 2. The molecule has 0 heterocycles. The van der Waals surface area contributed by atoms with Gasteiger partial charge in [0.15, 0.2) is 0 Å². The van der Waals surface area contributed by atoms with Crippen LogP contribution in [0.15, 0.2) is 18.2 Å². The van der Waals surface area contributed by atoms with Gasteiger partial charge in [-0.15, -0.1) is 12.4 Å². The third-order valence-corrected chi connectivity index (χ3v) is 2.56. The number of hydrogen-bond acceptors (Lipinski definition) is 1. The van der Waals surface area contributed by atoms with Gasteiger partial charge in [-0.3, -0.25) is 0 Å². The fourth-order valence-electron chi connectivity index (χ4n) is 1.79. The number of hydrogen-bond donors (Lipinski definition) is 1. The van der Waals surface area contributed by atoms with Crippen LogP contribution < -0.4 is 5.73 Å². The zero-order valence-corrected chi connectivity index (χ0v) is 10.9. The van der Waals surface area contributed by atoms with E-state index in [0.717, 1.165) is 6.42 Å². The summed E-state index contributed by atoms with van der Waals surface area (Å²) in [5, 5.41) is 0. The van der Waals surface area contributed by atoms with Gasteiger partial charge in [0.25, 0.3) is 0 Å². The summed E-state index contributed by atoms with van der Waals surface area (Å²) < 4.78 is 0. The van der Waals surface area contributed by atoms with E-state index in [1.807, 2.05) is 0 Å². The van der Waals surface area contributed by atoms with E-state index in [0.29, 0.717) is 5.92 Å². The summed E-state index contributed by atoms with van der Waals surface area (Å²) in [6, 6.07) is 6.70. The molecule has 0 spiro atoms. The van der Waals surface area contributed by atoms with Crippen LogP contribution in [0.2, 0.25) is 0 Å². The maximum atomic E-state index is 6.17. The van der Waals surface area contributed by atoms with Crippen LogP contribution >= 0.6 is 12.4 Å². The Balaban J connectivity index is 0.00000196. The lowest BCUT2D eigenvalue weighted by Crippen LogP contribution is -2.14. The maximum Gasteiger partial charge on any atom is 0.0300 e. The van der Waals surface area contributed by atoms with Crippen LogP contribution in [0.4, 0.5) is 0 Å². The SMILES string of the molecule is Cc1ccc(C)c([C@H](N)CC(C)C)c1.Cl. The molecule has 0 aliphatic rings. The van der Waals surface area contributed by atoms with Crippen molar-refractivity contribution in [1.29, 1.82) is 0 Å². The third-order valence-electron chi connectivity index (χ3n) is 2.56. The van der Waals surface area contributed by atoms with E-state index < -0.39 is 0 Å². The largest absolute Gasteiger partial charge is 0.324 e. The number of benzene rings is 1. The summed E-state index contributed by atoms with van der Waals surface area (Å²) in [5.74, 6) is 0.657. The molecule has 0 unspecified atom stereocenters. The molecule has 1 aromatic carbocycles. The van der Waals surface area contributed by atoms with Gasteiger partial charge >= 0.3 is 0 Å². The third kappa shape index (κ3) is 4.23. The first-order valence-electron chi connectivity index (χ1n) is 5.33. The van der Waals surface area contributed by atoms with Crippen LogP contribution in [0.3, 0.4) is 0 Å². The van der Waals surface area contributed by atoms with Crippen molar-refractivity contribution in [3.8, 4) is 0 Å². The highest BCUT2D eigenvalue weighted by atomic mass is 35.5. The van der Waals surface area contributed by atoms with Gasteiger partial charge in [0.2, 0.25) is 0 Å². The molecule has 0 saturated carbocycles. The standard InChI is InChI=1S/C13H21N.ClH/c1-9(2)7-13(14)12-8-10(3)5-6-11(12)4;/h5-6,8-9,13H,7,14H2,1-4H3;1H/t13-;/m1./s1. The lowest BCUT2D eigenvalue weighted by atomic mass is 9.93. The molecule has 0 saturated heterocycles. The molecular weight excluding hydrogens is 206 g/mol. The minimum absolute atomic E-state index is 0. The van der Waals surface area contributed by atoms with Crippen molar-refractivity contribution < 1.29 is 0 Å². The monoisotopic (exact) mass is 227 g/mol. The van der Waals surface area contributed by atoms with E-state index in [2.05, 4.69) is 45.9 Å². The predicted octanol–water partition coefficient (Wildman–Crippen LogP) is 3.77. The first kappa shape index (κ1) is 14.5. The minimum atomic E-state index is 0. The van der Waals surface area contributed by atoms with E-state index in [-0.39, 0.29) is 18.4 Å². The molecule has 0 amide bonds.